The molecule has 0 bridgehead atoms. The molecule has 2 fully saturated rings. The molecular weight excluding hydrogens is 238 g/mol. The van der Waals surface area contributed by atoms with E-state index in [1.54, 1.807) is 6.33 Å². The van der Waals surface area contributed by atoms with E-state index >= 15 is 0 Å². The third-order valence-corrected chi connectivity index (χ3v) is 4.06. The lowest BCUT2D eigenvalue weighted by Crippen LogP contribution is -2.30. The number of hydrogen-bond acceptors (Lipinski definition) is 5. The fourth-order valence-electron chi connectivity index (χ4n) is 2.60. The van der Waals surface area contributed by atoms with Crippen LogP contribution in [0.4, 0.5) is 11.6 Å². The maximum absolute atomic E-state index is 5.56. The molecule has 1 heterocycles. The van der Waals surface area contributed by atoms with Crippen molar-refractivity contribution in [2.45, 2.75) is 39.0 Å². The van der Waals surface area contributed by atoms with Gasteiger partial charge in [0.25, 0.3) is 0 Å². The van der Waals surface area contributed by atoms with Gasteiger partial charge in [-0.1, -0.05) is 6.92 Å². The molecule has 2 saturated carbocycles. The van der Waals surface area contributed by atoms with Gasteiger partial charge in [0.15, 0.2) is 0 Å². The minimum atomic E-state index is 0.768. The van der Waals surface area contributed by atoms with Gasteiger partial charge in [-0.05, 0) is 43.9 Å². The van der Waals surface area contributed by atoms with Gasteiger partial charge in [-0.25, -0.2) is 15.8 Å². The summed E-state index contributed by atoms with van der Waals surface area (Å²) in [5.74, 6) is 9.16. The normalized spacial score (nSPS) is 18.4. The van der Waals surface area contributed by atoms with E-state index in [9.17, 15) is 0 Å². The van der Waals surface area contributed by atoms with Crippen LogP contribution in [0.15, 0.2) is 6.33 Å². The lowest BCUT2D eigenvalue weighted by Gasteiger charge is -2.26. The van der Waals surface area contributed by atoms with E-state index in [-0.39, 0.29) is 0 Å². The van der Waals surface area contributed by atoms with Crippen LogP contribution in [0.25, 0.3) is 0 Å². The molecule has 0 amide bonds. The van der Waals surface area contributed by atoms with Crippen LogP contribution >= 0.6 is 0 Å². The van der Waals surface area contributed by atoms with E-state index in [4.69, 9.17) is 5.84 Å². The van der Waals surface area contributed by atoms with Crippen molar-refractivity contribution in [2.75, 3.05) is 23.4 Å². The van der Waals surface area contributed by atoms with E-state index in [0.29, 0.717) is 0 Å². The van der Waals surface area contributed by atoms with E-state index in [0.717, 1.165) is 48.5 Å². The van der Waals surface area contributed by atoms with Crippen LogP contribution in [0, 0.1) is 11.8 Å². The summed E-state index contributed by atoms with van der Waals surface area (Å²) in [7, 11) is 0. The highest BCUT2D eigenvalue weighted by molar-refractivity contribution is 5.58. The van der Waals surface area contributed by atoms with Gasteiger partial charge < -0.3 is 10.3 Å². The van der Waals surface area contributed by atoms with Gasteiger partial charge in [0.1, 0.15) is 18.0 Å². The fraction of sp³-hybridized carbons (Fsp3) is 0.714. The summed E-state index contributed by atoms with van der Waals surface area (Å²) in [4.78, 5) is 11.2. The Balaban J connectivity index is 1.85. The summed E-state index contributed by atoms with van der Waals surface area (Å²) in [5.41, 5.74) is 3.85. The SMILES string of the molecule is CCc1c(NN)ncnc1N(CC1CC1)CC1CC1. The predicted molar refractivity (Wildman–Crippen MR) is 76.9 cm³/mol. The predicted octanol–water partition coefficient (Wildman–Crippen LogP) is 1.95. The standard InChI is InChI=1S/C14H23N5/c1-2-12-13(18-15)16-9-17-14(12)19(7-10-3-4-10)8-11-5-6-11/h9-11H,2-8,15H2,1H3,(H,16,17,18). The summed E-state index contributed by atoms with van der Waals surface area (Å²) < 4.78 is 0. The number of rotatable bonds is 7. The molecule has 0 unspecified atom stereocenters. The summed E-state index contributed by atoms with van der Waals surface area (Å²) in [6.07, 6.45) is 8.01. The summed E-state index contributed by atoms with van der Waals surface area (Å²) in [5, 5.41) is 0. The summed E-state index contributed by atoms with van der Waals surface area (Å²) >= 11 is 0. The average molecular weight is 261 g/mol. The van der Waals surface area contributed by atoms with Crippen molar-refractivity contribution in [3.63, 3.8) is 0 Å². The smallest absolute Gasteiger partial charge is 0.148 e. The van der Waals surface area contributed by atoms with Gasteiger partial charge in [-0.2, -0.15) is 0 Å². The highest BCUT2D eigenvalue weighted by Gasteiger charge is 2.31. The second-order valence-corrected chi connectivity index (χ2v) is 5.81. The van der Waals surface area contributed by atoms with E-state index in [2.05, 4.69) is 27.2 Å². The van der Waals surface area contributed by atoms with Crippen LogP contribution in [-0.4, -0.2) is 23.1 Å². The Morgan fingerprint density at radius 1 is 1.21 bits per heavy atom. The maximum atomic E-state index is 5.56. The third-order valence-electron chi connectivity index (χ3n) is 4.06. The Morgan fingerprint density at radius 3 is 2.32 bits per heavy atom. The number of hydrazine groups is 1. The molecule has 5 heteroatoms. The number of anilines is 2. The number of aromatic nitrogens is 2. The van der Waals surface area contributed by atoms with Gasteiger partial charge in [0, 0.05) is 18.7 Å². The Bertz CT molecular complexity index is 425. The maximum Gasteiger partial charge on any atom is 0.148 e. The highest BCUT2D eigenvalue weighted by atomic mass is 15.3. The van der Waals surface area contributed by atoms with Crippen LogP contribution < -0.4 is 16.2 Å². The highest BCUT2D eigenvalue weighted by Crippen LogP contribution is 2.36. The van der Waals surface area contributed by atoms with Gasteiger partial charge in [0.2, 0.25) is 0 Å². The zero-order valence-corrected chi connectivity index (χ0v) is 11.6. The molecule has 0 aliphatic heterocycles. The lowest BCUT2D eigenvalue weighted by molar-refractivity contribution is 0.667. The van der Waals surface area contributed by atoms with Crippen LogP contribution in [0.2, 0.25) is 0 Å². The fourth-order valence-corrected chi connectivity index (χ4v) is 2.60. The number of nitrogens with two attached hydrogens (primary N) is 1. The van der Waals surface area contributed by atoms with Crippen LogP contribution in [-0.2, 0) is 6.42 Å². The number of hydrogen-bond donors (Lipinski definition) is 2. The van der Waals surface area contributed by atoms with Gasteiger partial charge in [-0.3, -0.25) is 0 Å². The Morgan fingerprint density at radius 2 is 1.84 bits per heavy atom. The minimum absolute atomic E-state index is 0.768. The van der Waals surface area contributed by atoms with Crippen molar-refractivity contribution < 1.29 is 0 Å². The Labute approximate surface area is 114 Å². The molecule has 0 aromatic carbocycles. The first-order valence-corrected chi connectivity index (χ1v) is 7.37. The van der Waals surface area contributed by atoms with Crippen molar-refractivity contribution in [1.82, 2.24) is 9.97 Å². The molecule has 2 aliphatic rings. The van der Waals surface area contributed by atoms with E-state index in [1.807, 2.05) is 0 Å². The van der Waals surface area contributed by atoms with Crippen LogP contribution in [0.5, 0.6) is 0 Å². The largest absolute Gasteiger partial charge is 0.356 e. The lowest BCUT2D eigenvalue weighted by atomic mass is 10.2. The summed E-state index contributed by atoms with van der Waals surface area (Å²) in [6.45, 7) is 4.42. The van der Waals surface area contributed by atoms with Crippen molar-refractivity contribution in [3.05, 3.63) is 11.9 Å². The first-order chi connectivity index (χ1) is 9.31. The molecule has 3 N–H and O–H groups in total. The molecule has 2 aliphatic carbocycles. The number of nitrogens with zero attached hydrogens (tertiary/aromatic N) is 3. The molecule has 0 radical (unpaired) electrons. The molecule has 1 aromatic heterocycles. The second kappa shape index (κ2) is 5.33. The molecule has 104 valence electrons. The van der Waals surface area contributed by atoms with Crippen LogP contribution in [0.3, 0.4) is 0 Å². The van der Waals surface area contributed by atoms with E-state index < -0.39 is 0 Å². The molecule has 0 atom stereocenters. The van der Waals surface area contributed by atoms with E-state index in [1.165, 1.54) is 25.7 Å². The first-order valence-electron chi connectivity index (χ1n) is 7.37. The summed E-state index contributed by atoms with van der Waals surface area (Å²) in [6, 6.07) is 0. The number of nitrogens with one attached hydrogen (secondary N) is 1. The molecule has 19 heavy (non-hydrogen) atoms. The molecule has 3 rings (SSSR count). The average Bonchev–Trinajstić information content (AvgIpc) is 3.32. The van der Waals surface area contributed by atoms with Crippen molar-refractivity contribution >= 4 is 11.6 Å². The van der Waals surface area contributed by atoms with Crippen molar-refractivity contribution in [1.29, 1.82) is 0 Å². The Kier molecular flexibility index (Phi) is 3.55. The second-order valence-electron chi connectivity index (χ2n) is 5.81. The van der Waals surface area contributed by atoms with Crippen molar-refractivity contribution in [3.8, 4) is 0 Å². The van der Waals surface area contributed by atoms with Gasteiger partial charge in [-0.15, -0.1) is 0 Å². The molecule has 1 aromatic rings. The zero-order valence-electron chi connectivity index (χ0n) is 11.6. The van der Waals surface area contributed by atoms with Gasteiger partial charge in [0.05, 0.1) is 0 Å². The Hall–Kier alpha value is -1.36. The molecule has 0 spiro atoms. The molecular formula is C14H23N5. The van der Waals surface area contributed by atoms with Crippen LogP contribution in [0.1, 0.15) is 38.2 Å². The van der Waals surface area contributed by atoms with Gasteiger partial charge >= 0.3 is 0 Å². The molecule has 0 saturated heterocycles. The minimum Gasteiger partial charge on any atom is -0.356 e. The monoisotopic (exact) mass is 261 g/mol. The van der Waals surface area contributed by atoms with Crippen molar-refractivity contribution in [2.24, 2.45) is 17.7 Å². The quantitative estimate of drug-likeness (QED) is 0.580. The zero-order chi connectivity index (χ0) is 13.2. The number of nitrogen functional groups attached to an aromatic ring is 1. The topological polar surface area (TPSA) is 67.1 Å². The molecule has 5 nitrogen and oxygen atoms in total. The first kappa shape index (κ1) is 12.7. The third kappa shape index (κ3) is 2.97.